The van der Waals surface area contributed by atoms with E-state index in [4.69, 9.17) is 0 Å². The number of aliphatic imine (C=N–C) groups is 1. The number of hydrogen-bond donors (Lipinski definition) is 2. The molecule has 2 heterocycles. The molecule has 0 bridgehead atoms. The number of hydrogen-bond acceptors (Lipinski definition) is 6. The van der Waals surface area contributed by atoms with Crippen molar-refractivity contribution >= 4 is 40.3 Å². The highest BCUT2D eigenvalue weighted by molar-refractivity contribution is 6.42. The van der Waals surface area contributed by atoms with Gasteiger partial charge in [0.1, 0.15) is 5.76 Å². The summed E-state index contributed by atoms with van der Waals surface area (Å²) in [6.07, 6.45) is 3.89. The smallest absolute Gasteiger partial charge is 0.251 e. The zero-order valence-electron chi connectivity index (χ0n) is 36.2. The highest BCUT2D eigenvalue weighted by Crippen LogP contribution is 2.58. The van der Waals surface area contributed by atoms with Gasteiger partial charge in [-0.05, 0) is 60.4 Å². The van der Waals surface area contributed by atoms with E-state index in [2.05, 4.69) is 85.9 Å². The lowest BCUT2D eigenvalue weighted by Crippen LogP contribution is -2.33. The number of nitrogens with zero attached hydrogens (tertiary/aromatic N) is 3. The fraction of sp³-hybridized carbons (Fsp3) is 0.400. The van der Waals surface area contributed by atoms with Crippen LogP contribution in [0.15, 0.2) is 118 Å². The van der Waals surface area contributed by atoms with Crippen molar-refractivity contribution in [1.29, 1.82) is 0 Å². The second-order valence-corrected chi connectivity index (χ2v) is 19.2. The lowest BCUT2D eigenvalue weighted by Gasteiger charge is -2.34. The molecule has 8 heteroatoms. The molecule has 8 nitrogen and oxygen atoms in total. The summed E-state index contributed by atoms with van der Waals surface area (Å²) in [5, 5.41) is 15.4. The maximum atomic E-state index is 14.9. The minimum atomic E-state index is -0.773. The fourth-order valence-electron chi connectivity index (χ4n) is 9.29. The molecule has 0 spiro atoms. The molecule has 0 saturated carbocycles. The fourth-order valence-corrected chi connectivity index (χ4v) is 9.29. The number of aliphatic hydroxyl groups is 1. The predicted molar refractivity (Wildman–Crippen MR) is 235 cm³/mol. The normalized spacial score (nSPS) is 23.0. The number of carbonyl (C=O) groups is 3. The third-order valence-corrected chi connectivity index (χ3v) is 12.4. The van der Waals surface area contributed by atoms with Gasteiger partial charge in [-0.3, -0.25) is 14.4 Å². The average Bonchev–Trinajstić information content (AvgIpc) is 3.52. The summed E-state index contributed by atoms with van der Waals surface area (Å²) in [5.41, 5.74) is 5.92. The minimum absolute atomic E-state index is 0.00130. The van der Waals surface area contributed by atoms with Crippen LogP contribution in [0.4, 0.5) is 11.4 Å². The third kappa shape index (κ3) is 6.45. The summed E-state index contributed by atoms with van der Waals surface area (Å²) in [5.74, 6) is -1.08. The van der Waals surface area contributed by atoms with E-state index in [1.54, 1.807) is 0 Å². The molecular formula is C50H58N4O4. The first-order chi connectivity index (χ1) is 27.1. The van der Waals surface area contributed by atoms with Crippen LogP contribution in [0.1, 0.15) is 117 Å². The molecule has 2 aliphatic heterocycles. The van der Waals surface area contributed by atoms with Crippen LogP contribution in [0.25, 0.3) is 5.57 Å². The van der Waals surface area contributed by atoms with Crippen LogP contribution < -0.4 is 10.2 Å². The Bertz CT molecular complexity index is 2380. The van der Waals surface area contributed by atoms with Crippen molar-refractivity contribution in [2.45, 2.75) is 101 Å². The molecule has 302 valence electrons. The second kappa shape index (κ2) is 14.1. The Balaban J connectivity index is 1.45. The summed E-state index contributed by atoms with van der Waals surface area (Å²) >= 11 is 0. The molecule has 2 aliphatic carbocycles. The molecule has 3 aromatic carbocycles. The highest BCUT2D eigenvalue weighted by atomic mass is 16.3. The maximum absolute atomic E-state index is 14.9. The van der Waals surface area contributed by atoms with Gasteiger partial charge in [-0.1, -0.05) is 130 Å². The van der Waals surface area contributed by atoms with Crippen LogP contribution in [0.2, 0.25) is 0 Å². The molecule has 4 aliphatic rings. The molecule has 2 atom stereocenters. The average molecular weight is 779 g/mol. The van der Waals surface area contributed by atoms with Crippen molar-refractivity contribution in [2.75, 3.05) is 23.3 Å². The van der Waals surface area contributed by atoms with Gasteiger partial charge in [0.05, 0.1) is 34.6 Å². The first-order valence-electron chi connectivity index (χ1n) is 20.6. The van der Waals surface area contributed by atoms with E-state index in [0.717, 1.165) is 34.6 Å². The van der Waals surface area contributed by atoms with Gasteiger partial charge < -0.3 is 20.2 Å². The maximum Gasteiger partial charge on any atom is 0.251 e. The summed E-state index contributed by atoms with van der Waals surface area (Å²) in [4.78, 5) is 51.5. The number of aliphatic hydroxyl groups excluding tert-OH is 1. The number of allylic oxidation sites excluding steroid dienone is 6. The van der Waals surface area contributed by atoms with E-state index in [9.17, 15) is 19.5 Å². The standard InChI is InChI=1S/C50H58N4O4/c1-13-53-37-27-35(51-45(57)47(3,4)5)31(25-33(37)49(9,10)43(53)29-21-17-15-18-22-29)39-41(55)40(42(39)56)32-26-34-38(28-36(32)52-46(58)48(6,7)8)54(14-2)44(50(34,11)12)30-23-19-16-20-24-30/h15-28,43-44,55H,13-14H2,1-12H3,(H,51,57). The predicted octanol–water partition coefficient (Wildman–Crippen LogP) is 10.6. The van der Waals surface area contributed by atoms with E-state index >= 15 is 0 Å². The zero-order valence-corrected chi connectivity index (χ0v) is 36.2. The molecule has 2 amide bonds. The molecule has 0 radical (unpaired) electrons. The van der Waals surface area contributed by atoms with E-state index in [0.29, 0.717) is 29.1 Å². The molecule has 3 aromatic rings. The van der Waals surface area contributed by atoms with Crippen molar-refractivity contribution in [1.82, 2.24) is 4.90 Å². The molecule has 2 unspecified atom stereocenters. The number of fused-ring (bicyclic) bond motifs is 2. The highest BCUT2D eigenvalue weighted by Gasteiger charge is 2.51. The number of rotatable bonds is 6. The summed E-state index contributed by atoms with van der Waals surface area (Å²) < 4.78 is 0. The van der Waals surface area contributed by atoms with E-state index < -0.39 is 21.7 Å². The molecule has 1 fully saturated rings. The molecule has 0 aromatic heterocycles. The zero-order chi connectivity index (χ0) is 42.3. The lowest BCUT2D eigenvalue weighted by atomic mass is 9.72. The summed E-state index contributed by atoms with van der Waals surface area (Å²) in [7, 11) is 0. The Morgan fingerprint density at radius 3 is 1.81 bits per heavy atom. The first kappa shape index (κ1) is 40.7. The Labute approximate surface area is 344 Å². The minimum Gasteiger partial charge on any atom is -0.506 e. The quantitative estimate of drug-likeness (QED) is 0.242. The Kier molecular flexibility index (Phi) is 9.89. The van der Waals surface area contributed by atoms with Gasteiger partial charge in [0.15, 0.2) is 0 Å². The number of ketones is 1. The second-order valence-electron chi connectivity index (χ2n) is 19.2. The lowest BCUT2D eigenvalue weighted by molar-refractivity contribution is -0.125. The third-order valence-electron chi connectivity index (χ3n) is 12.4. The summed E-state index contributed by atoms with van der Waals surface area (Å²) in [6, 6.07) is 24.7. The van der Waals surface area contributed by atoms with Crippen LogP contribution in [0.5, 0.6) is 0 Å². The van der Waals surface area contributed by atoms with Gasteiger partial charge in [-0.2, -0.15) is 0 Å². The van der Waals surface area contributed by atoms with Crippen LogP contribution in [-0.4, -0.2) is 46.4 Å². The number of likely N-dealkylation sites (tertiary alicyclic amines) is 1. The number of amides is 2. The van der Waals surface area contributed by atoms with Gasteiger partial charge in [0.2, 0.25) is 11.7 Å². The van der Waals surface area contributed by atoms with Gasteiger partial charge in [0, 0.05) is 57.3 Å². The SMILES string of the molecule is CCN1C2=CC(=NC(=O)C(C)(C)C)C(=C3C(=O)C(c4cc5c(cc4NC(=O)C(C)(C)C)N(CC)C(c4ccccc4)C5(C)C)=C3O)C=C2C(C)(C)C1c1ccccc1. The Morgan fingerprint density at radius 1 is 0.759 bits per heavy atom. The largest absolute Gasteiger partial charge is 0.506 e. The Morgan fingerprint density at radius 2 is 1.31 bits per heavy atom. The van der Waals surface area contributed by atoms with Gasteiger partial charge in [0.25, 0.3) is 5.91 Å². The van der Waals surface area contributed by atoms with Gasteiger partial charge >= 0.3 is 0 Å². The van der Waals surface area contributed by atoms with E-state index in [-0.39, 0.29) is 46.6 Å². The van der Waals surface area contributed by atoms with Crippen molar-refractivity contribution in [3.05, 3.63) is 135 Å². The summed E-state index contributed by atoms with van der Waals surface area (Å²) in [6.45, 7) is 25.5. The number of benzene rings is 3. The topological polar surface area (TPSA) is 102 Å². The van der Waals surface area contributed by atoms with Crippen LogP contribution in [0.3, 0.4) is 0 Å². The van der Waals surface area contributed by atoms with Crippen molar-refractivity contribution in [3.8, 4) is 0 Å². The van der Waals surface area contributed by atoms with Crippen LogP contribution >= 0.6 is 0 Å². The number of likely N-dealkylation sites (N-methyl/N-ethyl adjacent to an activating group) is 2. The van der Waals surface area contributed by atoms with Gasteiger partial charge in [-0.25, -0.2) is 4.99 Å². The van der Waals surface area contributed by atoms with Gasteiger partial charge in [-0.15, -0.1) is 0 Å². The molecule has 2 N–H and O–H groups in total. The Hall–Kier alpha value is -5.50. The van der Waals surface area contributed by atoms with Crippen molar-refractivity contribution in [3.63, 3.8) is 0 Å². The number of Topliss-reactive ketones (excluding diaryl/α,β-unsaturated/α-hetero) is 1. The molecule has 7 rings (SSSR count). The van der Waals surface area contributed by atoms with Crippen molar-refractivity contribution in [2.24, 2.45) is 21.2 Å². The van der Waals surface area contributed by atoms with Crippen LogP contribution in [0, 0.1) is 16.2 Å². The monoisotopic (exact) mass is 778 g/mol. The number of nitrogens with one attached hydrogen (secondary N) is 1. The molecular weight excluding hydrogens is 721 g/mol. The van der Waals surface area contributed by atoms with E-state index in [1.807, 2.05) is 102 Å². The molecule has 1 saturated heterocycles. The number of anilines is 2. The van der Waals surface area contributed by atoms with Crippen LogP contribution in [-0.2, 0) is 19.8 Å². The number of carbonyl (C=O) groups excluding carboxylic acids is 3. The van der Waals surface area contributed by atoms with Crippen molar-refractivity contribution < 1.29 is 19.5 Å². The first-order valence-corrected chi connectivity index (χ1v) is 20.6. The molecule has 58 heavy (non-hydrogen) atoms. The van der Waals surface area contributed by atoms with E-state index in [1.165, 1.54) is 5.56 Å².